The Morgan fingerprint density at radius 1 is 1.08 bits per heavy atom. The lowest BCUT2D eigenvalue weighted by Gasteiger charge is -2.37. The van der Waals surface area contributed by atoms with E-state index < -0.39 is 29.9 Å². The predicted octanol–water partition coefficient (Wildman–Crippen LogP) is 4.82. The maximum Gasteiger partial charge on any atom is 0.451 e. The Labute approximate surface area is 209 Å². The zero-order chi connectivity index (χ0) is 26.2. The van der Waals surface area contributed by atoms with Gasteiger partial charge in [-0.05, 0) is 37.1 Å². The summed E-state index contributed by atoms with van der Waals surface area (Å²) in [6.07, 6.45) is -1.20. The quantitative estimate of drug-likeness (QED) is 0.435. The summed E-state index contributed by atoms with van der Waals surface area (Å²) in [4.78, 5) is 26.3. The van der Waals surface area contributed by atoms with Gasteiger partial charge < -0.3 is 10.6 Å². The number of anilines is 1. The van der Waals surface area contributed by atoms with Crippen molar-refractivity contribution in [3.63, 3.8) is 0 Å². The number of nitrogens with one attached hydrogen (secondary N) is 2. The van der Waals surface area contributed by atoms with Crippen molar-refractivity contribution in [3.05, 3.63) is 59.7 Å². The number of rotatable bonds is 7. The Kier molecular flexibility index (Phi) is 6.69. The van der Waals surface area contributed by atoms with E-state index >= 15 is 0 Å². The monoisotopic (exact) mass is 520 g/mol. The molecule has 12 heteroatoms. The first-order chi connectivity index (χ1) is 17.6. The van der Waals surface area contributed by atoms with Crippen molar-refractivity contribution in [1.29, 1.82) is 0 Å². The molecule has 0 unspecified atom stereocenters. The van der Waals surface area contributed by atoms with E-state index in [-0.39, 0.29) is 32.5 Å². The number of halogens is 5. The van der Waals surface area contributed by atoms with E-state index in [4.69, 9.17) is 0 Å². The molecular formula is C25H25F5N6O. The first kappa shape index (κ1) is 25.2. The van der Waals surface area contributed by atoms with Crippen LogP contribution in [-0.2, 0) is 6.18 Å². The molecule has 1 saturated carbocycles. The highest BCUT2D eigenvalue weighted by Gasteiger charge is 2.38. The van der Waals surface area contributed by atoms with Crippen molar-refractivity contribution in [2.45, 2.75) is 49.9 Å². The van der Waals surface area contributed by atoms with Crippen molar-refractivity contribution in [2.24, 2.45) is 0 Å². The zero-order valence-electron chi connectivity index (χ0n) is 19.7. The molecule has 0 radical (unpaired) electrons. The second kappa shape index (κ2) is 9.81. The molecular weight excluding hydrogens is 495 g/mol. The predicted molar refractivity (Wildman–Crippen MR) is 126 cm³/mol. The molecule has 3 heterocycles. The van der Waals surface area contributed by atoms with Gasteiger partial charge >= 0.3 is 6.18 Å². The first-order valence-electron chi connectivity index (χ1n) is 12.0. The maximum absolute atomic E-state index is 13.8. The van der Waals surface area contributed by atoms with Gasteiger partial charge in [0.15, 0.2) is 0 Å². The van der Waals surface area contributed by atoms with Gasteiger partial charge in [-0.3, -0.25) is 9.69 Å². The average molecular weight is 521 g/mol. The molecule has 7 nitrogen and oxygen atoms in total. The molecule has 0 spiro atoms. The van der Waals surface area contributed by atoms with Gasteiger partial charge in [0.25, 0.3) is 11.8 Å². The van der Waals surface area contributed by atoms with Crippen LogP contribution < -0.4 is 10.6 Å². The van der Waals surface area contributed by atoms with E-state index in [0.717, 1.165) is 31.1 Å². The number of pyridine rings is 1. The molecule has 3 aromatic rings. The van der Waals surface area contributed by atoms with Crippen LogP contribution in [0.5, 0.6) is 0 Å². The lowest BCUT2D eigenvalue weighted by molar-refractivity contribution is -0.145. The zero-order valence-corrected chi connectivity index (χ0v) is 19.7. The van der Waals surface area contributed by atoms with Crippen molar-refractivity contribution in [3.8, 4) is 0 Å². The van der Waals surface area contributed by atoms with Gasteiger partial charge in [0.1, 0.15) is 5.82 Å². The largest absolute Gasteiger partial charge is 0.451 e. The highest BCUT2D eigenvalue weighted by molar-refractivity contribution is 6.06. The van der Waals surface area contributed by atoms with Gasteiger partial charge in [0, 0.05) is 67.4 Å². The molecule has 2 fully saturated rings. The van der Waals surface area contributed by atoms with Crippen LogP contribution in [0.2, 0.25) is 0 Å². The number of aromatic nitrogens is 3. The van der Waals surface area contributed by atoms with Crippen molar-refractivity contribution < 1.29 is 26.7 Å². The van der Waals surface area contributed by atoms with Crippen molar-refractivity contribution >= 4 is 22.6 Å². The van der Waals surface area contributed by atoms with Crippen LogP contribution in [0.4, 0.5) is 27.8 Å². The molecule has 196 valence electrons. The molecule has 1 aliphatic heterocycles. The Morgan fingerprint density at radius 3 is 2.43 bits per heavy atom. The number of alkyl halides is 5. The number of carbonyl (C=O) groups is 1. The number of benzene rings is 1. The van der Waals surface area contributed by atoms with Gasteiger partial charge in [-0.15, -0.1) is 0 Å². The fourth-order valence-electron chi connectivity index (χ4n) is 4.43. The number of hydrogen-bond donors (Lipinski definition) is 2. The Morgan fingerprint density at radius 2 is 1.78 bits per heavy atom. The van der Waals surface area contributed by atoms with Crippen LogP contribution >= 0.6 is 0 Å². The minimum absolute atomic E-state index is 0.0174. The fourth-order valence-corrected chi connectivity index (χ4v) is 4.43. The van der Waals surface area contributed by atoms with Crippen molar-refractivity contribution in [2.75, 3.05) is 25.0 Å². The fraction of sp³-hybridized carbons (Fsp3) is 0.440. The van der Waals surface area contributed by atoms with E-state index in [1.165, 1.54) is 0 Å². The third-order valence-electron chi connectivity index (χ3n) is 6.64. The normalized spacial score (nSPS) is 18.9. The smallest absolute Gasteiger partial charge is 0.367 e. The van der Waals surface area contributed by atoms with Gasteiger partial charge in [-0.1, -0.05) is 6.07 Å². The summed E-state index contributed by atoms with van der Waals surface area (Å²) in [5.41, 5.74) is 1.33. The third-order valence-corrected chi connectivity index (χ3v) is 6.64. The molecule has 1 aliphatic carbocycles. The molecule has 5 rings (SSSR count). The van der Waals surface area contributed by atoms with Crippen LogP contribution in [0.1, 0.15) is 53.5 Å². The highest BCUT2D eigenvalue weighted by Crippen LogP contribution is 2.33. The molecule has 2 aliphatic rings. The molecule has 2 N–H and O–H groups in total. The number of fused-ring (bicyclic) bond motifs is 1. The summed E-state index contributed by atoms with van der Waals surface area (Å²) in [6, 6.07) is 8.57. The Balaban J connectivity index is 1.35. The summed E-state index contributed by atoms with van der Waals surface area (Å²) in [7, 11) is 0. The standard InChI is InChI=1S/C25H25F5N6O/c26-24(27)8-10-36(11-9-24)20(15-12-32-23(33-13-15)25(28,29)30)14-31-22(37)18-2-1-3-19-17(18)6-7-21(35-19)34-16-4-5-16/h1-3,6-7,12-13,16,20H,4-5,8-11,14H2,(H,31,37)(H,34,35)/t20-/m0/s1. The van der Waals surface area contributed by atoms with Gasteiger partial charge in [0.2, 0.25) is 5.82 Å². The summed E-state index contributed by atoms with van der Waals surface area (Å²) in [6.45, 7) is 0.0112. The lowest BCUT2D eigenvalue weighted by atomic mass is 10.0. The van der Waals surface area contributed by atoms with Crippen LogP contribution in [0.3, 0.4) is 0 Å². The number of nitrogens with zero attached hydrogens (tertiary/aromatic N) is 4. The van der Waals surface area contributed by atoms with E-state index in [1.54, 1.807) is 23.1 Å². The second-order valence-electron chi connectivity index (χ2n) is 9.44. The topological polar surface area (TPSA) is 83.0 Å². The number of likely N-dealkylation sites (tertiary alicyclic amines) is 1. The Hall–Kier alpha value is -3.41. The van der Waals surface area contributed by atoms with E-state index in [2.05, 4.69) is 25.6 Å². The molecule has 1 aromatic carbocycles. The number of carbonyl (C=O) groups excluding carboxylic acids is 1. The number of hydrogen-bond acceptors (Lipinski definition) is 6. The first-order valence-corrected chi connectivity index (χ1v) is 12.0. The van der Waals surface area contributed by atoms with E-state index in [9.17, 15) is 26.7 Å². The maximum atomic E-state index is 13.8. The summed E-state index contributed by atoms with van der Waals surface area (Å²) < 4.78 is 66.3. The highest BCUT2D eigenvalue weighted by atomic mass is 19.4. The third kappa shape index (κ3) is 5.95. The van der Waals surface area contributed by atoms with Gasteiger partial charge in [0.05, 0.1) is 11.6 Å². The van der Waals surface area contributed by atoms with Crippen LogP contribution in [0.15, 0.2) is 42.7 Å². The minimum atomic E-state index is -4.70. The number of piperidine rings is 1. The van der Waals surface area contributed by atoms with Crippen LogP contribution in [0.25, 0.3) is 10.9 Å². The van der Waals surface area contributed by atoms with Crippen molar-refractivity contribution in [1.82, 2.24) is 25.2 Å². The SMILES string of the molecule is O=C(NC[C@@H](c1cnc(C(F)(F)F)nc1)N1CCC(F)(F)CC1)c1cccc2nc(NC3CC3)ccc12. The molecule has 0 bridgehead atoms. The summed E-state index contributed by atoms with van der Waals surface area (Å²) >= 11 is 0. The molecule has 37 heavy (non-hydrogen) atoms. The van der Waals surface area contributed by atoms with Gasteiger partial charge in [-0.25, -0.2) is 23.7 Å². The molecule has 1 saturated heterocycles. The lowest BCUT2D eigenvalue weighted by Crippen LogP contribution is -2.45. The Bertz CT molecular complexity index is 1270. The molecule has 2 aromatic heterocycles. The van der Waals surface area contributed by atoms with Crippen LogP contribution in [0, 0.1) is 0 Å². The number of amides is 1. The summed E-state index contributed by atoms with van der Waals surface area (Å²) in [5, 5.41) is 6.78. The molecule has 1 amide bonds. The summed E-state index contributed by atoms with van der Waals surface area (Å²) in [5.74, 6) is -3.76. The van der Waals surface area contributed by atoms with Crippen LogP contribution in [-0.4, -0.2) is 57.4 Å². The minimum Gasteiger partial charge on any atom is -0.367 e. The molecule has 1 atom stereocenters. The average Bonchev–Trinajstić information content (AvgIpc) is 3.68. The van der Waals surface area contributed by atoms with Gasteiger partial charge in [-0.2, -0.15) is 13.2 Å². The van der Waals surface area contributed by atoms with E-state index in [1.807, 2.05) is 12.1 Å². The van der Waals surface area contributed by atoms with E-state index in [0.29, 0.717) is 28.1 Å². The second-order valence-corrected chi connectivity index (χ2v) is 9.44.